The number of hydrogen-bond acceptors (Lipinski definition) is 8. The summed E-state index contributed by atoms with van der Waals surface area (Å²) < 4.78 is 4.34. The van der Waals surface area contributed by atoms with Crippen LogP contribution in [0.25, 0.3) is 0 Å². The van der Waals surface area contributed by atoms with Crippen LogP contribution in [0.3, 0.4) is 0 Å². The number of carbonyl (C=O) groups excluding carboxylic acids is 1. The van der Waals surface area contributed by atoms with Crippen LogP contribution in [-0.2, 0) is 9.53 Å². The Labute approximate surface area is 89.4 Å². The average Bonchev–Trinajstić information content (AvgIpc) is 2.63. The Morgan fingerprint density at radius 1 is 1.50 bits per heavy atom. The van der Waals surface area contributed by atoms with Crippen LogP contribution in [0.4, 0.5) is 0 Å². The molecule has 0 aromatic rings. The molecule has 1 heterocycles. The standard InChI is InChI=1S/C6H10N4O6/c1-16-5(11)2-8-4-6(3-7-8,9(12)13)10(14)15/h7H,2-4H2,1H3. The monoisotopic (exact) mass is 234 g/mol. The molecule has 0 aromatic carbocycles. The van der Waals surface area contributed by atoms with E-state index in [1.807, 2.05) is 0 Å². The fourth-order valence-corrected chi connectivity index (χ4v) is 1.30. The first-order chi connectivity index (χ1) is 7.42. The number of carbonyl (C=O) groups is 1. The zero-order valence-electron chi connectivity index (χ0n) is 8.41. The lowest BCUT2D eigenvalue weighted by molar-refractivity contribution is -0.788. The molecule has 1 aliphatic rings. The van der Waals surface area contributed by atoms with Gasteiger partial charge in [0.25, 0.3) is 0 Å². The molecule has 90 valence electrons. The van der Waals surface area contributed by atoms with Crippen molar-refractivity contribution >= 4 is 5.97 Å². The van der Waals surface area contributed by atoms with Gasteiger partial charge < -0.3 is 4.74 Å². The van der Waals surface area contributed by atoms with Gasteiger partial charge >= 0.3 is 11.6 Å². The number of hydrogen-bond donors (Lipinski definition) is 1. The topological polar surface area (TPSA) is 128 Å². The molecule has 10 nitrogen and oxygen atoms in total. The molecule has 0 bridgehead atoms. The molecule has 0 atom stereocenters. The molecule has 1 N–H and O–H groups in total. The van der Waals surface area contributed by atoms with E-state index in [2.05, 4.69) is 10.2 Å². The van der Waals surface area contributed by atoms with Crippen molar-refractivity contribution in [1.29, 1.82) is 0 Å². The summed E-state index contributed by atoms with van der Waals surface area (Å²) in [6, 6.07) is 0. The quantitative estimate of drug-likeness (QED) is 0.262. The lowest BCUT2D eigenvalue weighted by Gasteiger charge is -2.12. The Balaban J connectivity index is 2.71. The van der Waals surface area contributed by atoms with Crippen molar-refractivity contribution in [3.8, 4) is 0 Å². The van der Waals surface area contributed by atoms with Crippen LogP contribution in [0.5, 0.6) is 0 Å². The fourth-order valence-electron chi connectivity index (χ4n) is 1.30. The molecular formula is C6H10N4O6. The van der Waals surface area contributed by atoms with Crippen molar-refractivity contribution < 1.29 is 19.4 Å². The SMILES string of the molecule is COC(=O)CN1CC([N+](=O)[O-])([N+](=O)[O-])CN1. The van der Waals surface area contributed by atoms with Gasteiger partial charge in [-0.2, -0.15) is 0 Å². The van der Waals surface area contributed by atoms with E-state index in [-0.39, 0.29) is 6.54 Å². The van der Waals surface area contributed by atoms with Crippen LogP contribution < -0.4 is 5.43 Å². The minimum absolute atomic E-state index is 0.278. The van der Waals surface area contributed by atoms with Crippen molar-refractivity contribution in [3.05, 3.63) is 20.2 Å². The lowest BCUT2D eigenvalue weighted by Crippen LogP contribution is -2.51. The number of ether oxygens (including phenoxy) is 1. The van der Waals surface area contributed by atoms with Gasteiger partial charge in [0.1, 0.15) is 16.4 Å². The molecule has 1 saturated heterocycles. The molecule has 10 heteroatoms. The van der Waals surface area contributed by atoms with Gasteiger partial charge in [-0.05, 0) is 0 Å². The van der Waals surface area contributed by atoms with Gasteiger partial charge in [-0.15, -0.1) is 0 Å². The predicted octanol–water partition coefficient (Wildman–Crippen LogP) is -1.77. The van der Waals surface area contributed by atoms with E-state index in [1.54, 1.807) is 0 Å². The van der Waals surface area contributed by atoms with E-state index in [0.29, 0.717) is 0 Å². The Kier molecular flexibility index (Phi) is 3.34. The molecule has 0 aliphatic carbocycles. The number of rotatable bonds is 4. The molecule has 0 unspecified atom stereocenters. The molecule has 0 radical (unpaired) electrons. The van der Waals surface area contributed by atoms with Gasteiger partial charge in [-0.3, -0.25) is 25.0 Å². The first-order valence-electron chi connectivity index (χ1n) is 4.26. The van der Waals surface area contributed by atoms with Crippen LogP contribution >= 0.6 is 0 Å². The number of hydrazine groups is 1. The molecule has 0 amide bonds. The third-order valence-electron chi connectivity index (χ3n) is 2.26. The van der Waals surface area contributed by atoms with Crippen LogP contribution in [0.15, 0.2) is 0 Å². The minimum atomic E-state index is -2.30. The van der Waals surface area contributed by atoms with Crippen molar-refractivity contribution in [3.63, 3.8) is 0 Å². The molecule has 1 aliphatic heterocycles. The Morgan fingerprint density at radius 3 is 2.44 bits per heavy atom. The van der Waals surface area contributed by atoms with Gasteiger partial charge in [0.05, 0.1) is 7.11 Å². The van der Waals surface area contributed by atoms with Crippen molar-refractivity contribution in [1.82, 2.24) is 10.4 Å². The summed E-state index contributed by atoms with van der Waals surface area (Å²) in [6.45, 7) is -1.22. The number of methoxy groups -OCH3 is 1. The smallest absolute Gasteiger partial charge is 0.468 e. The third kappa shape index (κ3) is 2.06. The lowest BCUT2D eigenvalue weighted by atomic mass is 10.2. The van der Waals surface area contributed by atoms with E-state index in [9.17, 15) is 25.0 Å². The summed E-state index contributed by atoms with van der Waals surface area (Å²) >= 11 is 0. The minimum Gasteiger partial charge on any atom is -0.468 e. The second-order valence-corrected chi connectivity index (χ2v) is 3.26. The van der Waals surface area contributed by atoms with Gasteiger partial charge in [0.2, 0.25) is 0 Å². The Morgan fingerprint density at radius 2 is 2.06 bits per heavy atom. The average molecular weight is 234 g/mol. The number of nitro groups is 2. The van der Waals surface area contributed by atoms with Crippen LogP contribution in [0, 0.1) is 20.2 Å². The number of esters is 1. The van der Waals surface area contributed by atoms with E-state index >= 15 is 0 Å². The fraction of sp³-hybridized carbons (Fsp3) is 0.833. The maximum Gasteiger partial charge on any atom is 0.485 e. The number of nitrogens with zero attached hydrogens (tertiary/aromatic N) is 3. The predicted molar refractivity (Wildman–Crippen MR) is 48.3 cm³/mol. The van der Waals surface area contributed by atoms with Gasteiger partial charge in [-0.25, -0.2) is 10.4 Å². The molecular weight excluding hydrogens is 224 g/mol. The zero-order valence-corrected chi connectivity index (χ0v) is 8.41. The highest BCUT2D eigenvalue weighted by Gasteiger charge is 2.61. The summed E-state index contributed by atoms with van der Waals surface area (Å²) in [7, 11) is 1.16. The molecule has 1 fully saturated rings. The van der Waals surface area contributed by atoms with Crippen molar-refractivity contribution in [2.75, 3.05) is 26.7 Å². The first kappa shape index (κ1) is 12.3. The summed E-state index contributed by atoms with van der Waals surface area (Å²) in [5.74, 6) is -0.630. The van der Waals surface area contributed by atoms with Crippen LogP contribution in [0.1, 0.15) is 0 Å². The molecule has 0 aromatic heterocycles. The second-order valence-electron chi connectivity index (χ2n) is 3.26. The summed E-state index contributed by atoms with van der Waals surface area (Å²) in [5.41, 5.74) is 0.127. The largest absolute Gasteiger partial charge is 0.485 e. The summed E-state index contributed by atoms with van der Waals surface area (Å²) in [5, 5.41) is 22.4. The van der Waals surface area contributed by atoms with Crippen LogP contribution in [-0.4, -0.2) is 53.2 Å². The first-order valence-corrected chi connectivity index (χ1v) is 4.26. The Hall–Kier alpha value is -1.81. The van der Waals surface area contributed by atoms with E-state index in [0.717, 1.165) is 12.1 Å². The molecule has 1 rings (SSSR count). The van der Waals surface area contributed by atoms with Gasteiger partial charge in [-0.1, -0.05) is 0 Å². The highest BCUT2D eigenvalue weighted by atomic mass is 16.7. The summed E-state index contributed by atoms with van der Waals surface area (Å²) in [6.07, 6.45) is 0. The molecule has 0 saturated carbocycles. The van der Waals surface area contributed by atoms with Crippen molar-refractivity contribution in [2.45, 2.75) is 5.66 Å². The van der Waals surface area contributed by atoms with Crippen molar-refractivity contribution in [2.24, 2.45) is 0 Å². The van der Waals surface area contributed by atoms with E-state index < -0.39 is 34.6 Å². The normalized spacial score (nSPS) is 19.3. The maximum atomic E-state index is 10.9. The Bertz CT molecular complexity index is 317. The van der Waals surface area contributed by atoms with Crippen LogP contribution in [0.2, 0.25) is 0 Å². The molecule has 16 heavy (non-hydrogen) atoms. The third-order valence-corrected chi connectivity index (χ3v) is 2.26. The highest BCUT2D eigenvalue weighted by Crippen LogP contribution is 2.17. The van der Waals surface area contributed by atoms with Gasteiger partial charge in [0, 0.05) is 0 Å². The molecule has 0 spiro atoms. The van der Waals surface area contributed by atoms with E-state index in [1.165, 1.54) is 0 Å². The maximum absolute atomic E-state index is 10.9. The van der Waals surface area contributed by atoms with Gasteiger partial charge in [0.15, 0.2) is 13.1 Å². The van der Waals surface area contributed by atoms with E-state index in [4.69, 9.17) is 0 Å². The summed E-state index contributed by atoms with van der Waals surface area (Å²) in [4.78, 5) is 30.2. The second kappa shape index (κ2) is 4.37. The zero-order chi connectivity index (χ0) is 12.3. The number of nitrogens with one attached hydrogen (secondary N) is 1. The highest BCUT2D eigenvalue weighted by molar-refractivity contribution is 5.71.